The molecule has 0 aliphatic carbocycles. The summed E-state index contributed by atoms with van der Waals surface area (Å²) in [6.45, 7) is 2.10. The Morgan fingerprint density at radius 2 is 0.667 bits per heavy atom. The molecule has 6 rings (SSSR count). The van der Waals surface area contributed by atoms with Gasteiger partial charge >= 0.3 is 0 Å². The molecule has 2 unspecified atom stereocenters. The van der Waals surface area contributed by atoms with Crippen LogP contribution in [0.4, 0.5) is 0 Å². The predicted octanol–water partition coefficient (Wildman–Crippen LogP) is 9.34. The molecule has 6 aromatic carbocycles. The lowest BCUT2D eigenvalue weighted by atomic mass is 9.54. The standard InChI is InChI=1S/C45H44O5S/c1-32(43(33-12-8-6-9-13-33,34-16-24-39(47-2)25-17-34)35-18-26-40(48-3)27-19-35)45(46,51)44(36-14-10-7-11-15-36,37-20-28-41(49-4)29-21-37)38-22-30-42(50-5)31-23-38/h6-32,46,51H,1-5H3. The Kier molecular flexibility index (Phi) is 10.5. The fourth-order valence-corrected chi connectivity index (χ4v) is 8.37. The minimum absolute atomic E-state index is 0.623. The van der Waals surface area contributed by atoms with Crippen LogP contribution in [0, 0.1) is 5.92 Å². The van der Waals surface area contributed by atoms with Crippen LogP contribution in [0.25, 0.3) is 0 Å². The molecule has 0 saturated carbocycles. The molecule has 260 valence electrons. The summed E-state index contributed by atoms with van der Waals surface area (Å²) in [7, 11) is 6.63. The molecule has 0 radical (unpaired) electrons. The van der Waals surface area contributed by atoms with E-state index in [0.29, 0.717) is 11.5 Å². The van der Waals surface area contributed by atoms with Crippen LogP contribution in [-0.2, 0) is 10.8 Å². The van der Waals surface area contributed by atoms with E-state index in [1.54, 1.807) is 28.4 Å². The minimum atomic E-state index is -1.80. The molecule has 1 N–H and O–H groups in total. The van der Waals surface area contributed by atoms with Crippen LogP contribution in [0.15, 0.2) is 158 Å². The third-order valence-corrected chi connectivity index (χ3v) is 11.1. The zero-order chi connectivity index (χ0) is 36.1. The van der Waals surface area contributed by atoms with Crippen LogP contribution in [0.2, 0.25) is 0 Å². The van der Waals surface area contributed by atoms with Crippen molar-refractivity contribution in [2.24, 2.45) is 5.92 Å². The highest BCUT2D eigenvalue weighted by atomic mass is 32.1. The van der Waals surface area contributed by atoms with Gasteiger partial charge < -0.3 is 24.1 Å². The monoisotopic (exact) mass is 696 g/mol. The first-order valence-electron chi connectivity index (χ1n) is 16.9. The number of thiol groups is 1. The van der Waals surface area contributed by atoms with Gasteiger partial charge in [0.1, 0.15) is 27.9 Å². The van der Waals surface area contributed by atoms with Crippen LogP contribution in [0.3, 0.4) is 0 Å². The summed E-state index contributed by atoms with van der Waals surface area (Å²) in [6, 6.07) is 52.5. The van der Waals surface area contributed by atoms with E-state index in [0.717, 1.165) is 44.9 Å². The van der Waals surface area contributed by atoms with Crippen molar-refractivity contribution >= 4 is 12.6 Å². The lowest BCUT2D eigenvalue weighted by Crippen LogP contribution is -2.59. The Morgan fingerprint density at radius 1 is 0.412 bits per heavy atom. The van der Waals surface area contributed by atoms with E-state index in [4.69, 9.17) is 31.6 Å². The minimum Gasteiger partial charge on any atom is -0.497 e. The van der Waals surface area contributed by atoms with Crippen molar-refractivity contribution in [1.82, 2.24) is 0 Å². The molecule has 0 aromatic heterocycles. The highest BCUT2D eigenvalue weighted by Crippen LogP contribution is 2.59. The van der Waals surface area contributed by atoms with Gasteiger partial charge in [-0.15, -0.1) is 12.6 Å². The second-order valence-corrected chi connectivity index (χ2v) is 13.3. The second-order valence-electron chi connectivity index (χ2n) is 12.7. The van der Waals surface area contributed by atoms with Crippen LogP contribution < -0.4 is 18.9 Å². The van der Waals surface area contributed by atoms with Crippen LogP contribution in [0.5, 0.6) is 23.0 Å². The van der Waals surface area contributed by atoms with Crippen molar-refractivity contribution in [3.05, 3.63) is 191 Å². The average Bonchev–Trinajstić information content (AvgIpc) is 3.20. The topological polar surface area (TPSA) is 57.2 Å². The number of aliphatic hydroxyl groups is 1. The Labute approximate surface area is 306 Å². The van der Waals surface area contributed by atoms with Crippen molar-refractivity contribution in [3.8, 4) is 23.0 Å². The first kappa shape index (κ1) is 35.6. The Hall–Kier alpha value is -5.17. The van der Waals surface area contributed by atoms with Gasteiger partial charge in [0.05, 0.1) is 39.3 Å². The van der Waals surface area contributed by atoms with Gasteiger partial charge in [0.25, 0.3) is 0 Å². The maximum absolute atomic E-state index is 14.0. The van der Waals surface area contributed by atoms with E-state index in [-0.39, 0.29) is 0 Å². The summed E-state index contributed by atoms with van der Waals surface area (Å²) in [6.07, 6.45) is 0. The second kappa shape index (κ2) is 15.0. The highest BCUT2D eigenvalue weighted by Gasteiger charge is 2.61. The molecule has 0 amide bonds. The van der Waals surface area contributed by atoms with Crippen molar-refractivity contribution in [2.45, 2.75) is 22.7 Å². The number of ether oxygens (including phenoxy) is 4. The molecule has 6 aromatic rings. The molecule has 0 spiro atoms. The van der Waals surface area contributed by atoms with Crippen molar-refractivity contribution in [3.63, 3.8) is 0 Å². The summed E-state index contributed by atoms with van der Waals surface area (Å²) in [5.74, 6) is 2.27. The first-order chi connectivity index (χ1) is 24.8. The molecule has 0 fully saturated rings. The Balaban J connectivity index is 1.76. The van der Waals surface area contributed by atoms with Crippen molar-refractivity contribution in [2.75, 3.05) is 28.4 Å². The fourth-order valence-electron chi connectivity index (χ4n) is 7.79. The van der Waals surface area contributed by atoms with E-state index in [9.17, 15) is 5.11 Å². The molecule has 6 heteroatoms. The highest BCUT2D eigenvalue weighted by molar-refractivity contribution is 7.81. The van der Waals surface area contributed by atoms with Crippen molar-refractivity contribution in [1.29, 1.82) is 0 Å². The van der Waals surface area contributed by atoms with Gasteiger partial charge in [0.15, 0.2) is 0 Å². The molecule has 0 saturated heterocycles. The van der Waals surface area contributed by atoms with Gasteiger partial charge in [-0.25, -0.2) is 0 Å². The molecule has 2 atom stereocenters. The zero-order valence-electron chi connectivity index (χ0n) is 29.6. The van der Waals surface area contributed by atoms with Gasteiger partial charge in [-0.05, 0) is 81.9 Å². The number of hydrogen-bond donors (Lipinski definition) is 2. The van der Waals surface area contributed by atoms with Gasteiger partial charge in [-0.1, -0.05) is 116 Å². The quantitative estimate of drug-likeness (QED) is 0.0716. The molecule has 5 nitrogen and oxygen atoms in total. The molecule has 0 bridgehead atoms. The third-order valence-electron chi connectivity index (χ3n) is 10.4. The number of hydrogen-bond acceptors (Lipinski definition) is 6. The van der Waals surface area contributed by atoms with Gasteiger partial charge in [-0.2, -0.15) is 0 Å². The number of benzene rings is 6. The number of methoxy groups -OCH3 is 4. The van der Waals surface area contributed by atoms with E-state index in [1.165, 1.54) is 0 Å². The van der Waals surface area contributed by atoms with Crippen LogP contribution in [-0.4, -0.2) is 38.5 Å². The van der Waals surface area contributed by atoms with Gasteiger partial charge in [0, 0.05) is 5.92 Å². The van der Waals surface area contributed by atoms with E-state index < -0.39 is 21.7 Å². The molecule has 0 aliphatic heterocycles. The zero-order valence-corrected chi connectivity index (χ0v) is 30.5. The van der Waals surface area contributed by atoms with E-state index in [2.05, 4.69) is 55.5 Å². The molecule has 51 heavy (non-hydrogen) atoms. The largest absolute Gasteiger partial charge is 0.497 e. The maximum Gasteiger partial charge on any atom is 0.129 e. The molecular formula is C45H44O5S. The molecule has 0 heterocycles. The summed E-state index contributed by atoms with van der Waals surface area (Å²) in [4.78, 5) is -1.80. The summed E-state index contributed by atoms with van der Waals surface area (Å²) in [5, 5.41) is 14.0. The average molecular weight is 697 g/mol. The first-order valence-corrected chi connectivity index (χ1v) is 17.4. The smallest absolute Gasteiger partial charge is 0.129 e. The normalized spacial score (nSPS) is 13.5. The van der Waals surface area contributed by atoms with E-state index in [1.807, 2.05) is 109 Å². The van der Waals surface area contributed by atoms with Crippen LogP contribution >= 0.6 is 12.6 Å². The lowest BCUT2D eigenvalue weighted by Gasteiger charge is -2.55. The van der Waals surface area contributed by atoms with Gasteiger partial charge in [-0.3, -0.25) is 0 Å². The summed E-state index contributed by atoms with van der Waals surface area (Å²) >= 11 is 5.56. The molecular weight excluding hydrogens is 653 g/mol. The predicted molar refractivity (Wildman–Crippen MR) is 208 cm³/mol. The Morgan fingerprint density at radius 3 is 0.980 bits per heavy atom. The number of rotatable bonds is 13. The Bertz CT molecular complexity index is 1900. The van der Waals surface area contributed by atoms with Crippen LogP contribution in [0.1, 0.15) is 40.3 Å². The lowest BCUT2D eigenvalue weighted by molar-refractivity contribution is 0.0144. The van der Waals surface area contributed by atoms with E-state index >= 15 is 0 Å². The third kappa shape index (κ3) is 6.13. The summed E-state index contributed by atoms with van der Waals surface area (Å²) in [5.41, 5.74) is 3.30. The molecule has 0 aliphatic rings. The fraction of sp³-hybridized carbons (Fsp3) is 0.200. The maximum atomic E-state index is 14.0. The SMILES string of the molecule is COc1ccc(C(c2ccccc2)(c2ccc(OC)cc2)C(C)C(O)(S)C(c2ccccc2)(c2ccc(OC)cc2)c2ccc(OC)cc2)cc1. The summed E-state index contributed by atoms with van der Waals surface area (Å²) < 4.78 is 22.4. The van der Waals surface area contributed by atoms with Crippen molar-refractivity contribution < 1.29 is 24.1 Å². The van der Waals surface area contributed by atoms with Gasteiger partial charge in [0.2, 0.25) is 0 Å².